The van der Waals surface area contributed by atoms with Crippen LogP contribution in [0.1, 0.15) is 21.5 Å². The number of carbonyl (C=O) groups is 1. The average molecular weight is 394 g/mol. The first kappa shape index (κ1) is 19.9. The maximum Gasteiger partial charge on any atom is 0.271 e. The normalized spacial score (nSPS) is 10.7. The number of ether oxygens (including phenoxy) is 2. The van der Waals surface area contributed by atoms with E-state index in [1.165, 1.54) is 43.7 Å². The van der Waals surface area contributed by atoms with Gasteiger partial charge in [0.2, 0.25) is 0 Å². The topological polar surface area (TPSA) is 80.2 Å². The van der Waals surface area contributed by atoms with E-state index in [4.69, 9.17) is 9.47 Å². The number of benzene rings is 3. The minimum absolute atomic E-state index is 0.0686. The summed E-state index contributed by atoms with van der Waals surface area (Å²) >= 11 is 0. The highest BCUT2D eigenvalue weighted by Crippen LogP contribution is 2.28. The lowest BCUT2D eigenvalue weighted by molar-refractivity contribution is 0.0955. The lowest BCUT2D eigenvalue weighted by atomic mass is 10.2. The number of aromatic hydroxyl groups is 1. The van der Waals surface area contributed by atoms with Crippen LogP contribution >= 0.6 is 0 Å². The largest absolute Gasteiger partial charge is 0.508 e. The third kappa shape index (κ3) is 5.32. The molecule has 29 heavy (non-hydrogen) atoms. The number of nitrogens with one attached hydrogen (secondary N) is 1. The molecule has 6 nitrogen and oxygen atoms in total. The molecule has 0 atom stereocenters. The molecule has 0 aliphatic rings. The van der Waals surface area contributed by atoms with Gasteiger partial charge < -0.3 is 14.6 Å². The number of halogens is 1. The van der Waals surface area contributed by atoms with Gasteiger partial charge in [0.25, 0.3) is 5.91 Å². The highest BCUT2D eigenvalue weighted by Gasteiger charge is 2.08. The number of phenolic OH excluding ortho intramolecular Hbond substituents is 1. The van der Waals surface area contributed by atoms with Crippen LogP contribution in [0, 0.1) is 5.82 Å². The molecule has 7 heteroatoms. The molecular weight excluding hydrogens is 375 g/mol. The maximum absolute atomic E-state index is 13.7. The predicted molar refractivity (Wildman–Crippen MR) is 107 cm³/mol. The Morgan fingerprint density at radius 1 is 1.10 bits per heavy atom. The molecule has 0 saturated heterocycles. The number of rotatable bonds is 7. The van der Waals surface area contributed by atoms with Crippen molar-refractivity contribution in [2.75, 3.05) is 7.11 Å². The maximum atomic E-state index is 13.7. The lowest BCUT2D eigenvalue weighted by Gasteiger charge is -2.11. The van der Waals surface area contributed by atoms with Gasteiger partial charge in [-0.15, -0.1) is 0 Å². The van der Waals surface area contributed by atoms with Crippen LogP contribution in [0.4, 0.5) is 4.39 Å². The van der Waals surface area contributed by atoms with Crippen molar-refractivity contribution < 1.29 is 23.8 Å². The molecule has 0 unspecified atom stereocenters. The van der Waals surface area contributed by atoms with Crippen LogP contribution in [-0.2, 0) is 6.61 Å². The van der Waals surface area contributed by atoms with Gasteiger partial charge >= 0.3 is 0 Å². The molecule has 0 radical (unpaired) electrons. The van der Waals surface area contributed by atoms with Gasteiger partial charge in [-0.3, -0.25) is 4.79 Å². The molecule has 0 spiro atoms. The van der Waals surface area contributed by atoms with Gasteiger partial charge in [0.15, 0.2) is 11.5 Å². The molecule has 0 aromatic heterocycles. The highest BCUT2D eigenvalue weighted by molar-refractivity contribution is 5.95. The Hall–Kier alpha value is -3.87. The van der Waals surface area contributed by atoms with Gasteiger partial charge in [0.1, 0.15) is 18.2 Å². The minimum atomic E-state index is -0.405. The molecule has 3 aromatic carbocycles. The lowest BCUT2D eigenvalue weighted by Crippen LogP contribution is -2.17. The third-order valence-corrected chi connectivity index (χ3v) is 4.04. The van der Waals surface area contributed by atoms with Gasteiger partial charge in [-0.1, -0.05) is 18.2 Å². The summed E-state index contributed by atoms with van der Waals surface area (Å²) in [6.45, 7) is 0.0686. The predicted octanol–water partition coefficient (Wildman–Crippen LogP) is 3.88. The zero-order valence-electron chi connectivity index (χ0n) is 15.6. The summed E-state index contributed by atoms with van der Waals surface area (Å²) in [6, 6.07) is 17.3. The van der Waals surface area contributed by atoms with E-state index in [0.717, 1.165) is 0 Å². The third-order valence-electron chi connectivity index (χ3n) is 4.04. The summed E-state index contributed by atoms with van der Waals surface area (Å²) in [7, 11) is 1.50. The van der Waals surface area contributed by atoms with Crippen LogP contribution in [-0.4, -0.2) is 24.3 Å². The number of amides is 1. The first-order valence-corrected chi connectivity index (χ1v) is 8.73. The van der Waals surface area contributed by atoms with Crippen molar-refractivity contribution >= 4 is 12.1 Å². The van der Waals surface area contributed by atoms with E-state index < -0.39 is 5.91 Å². The van der Waals surface area contributed by atoms with E-state index in [0.29, 0.717) is 28.2 Å². The van der Waals surface area contributed by atoms with E-state index in [2.05, 4.69) is 10.5 Å². The van der Waals surface area contributed by atoms with Gasteiger partial charge in [0.05, 0.1) is 13.3 Å². The number of hydrazone groups is 1. The van der Waals surface area contributed by atoms with E-state index in [1.54, 1.807) is 36.4 Å². The number of nitrogens with zero attached hydrogens (tertiary/aromatic N) is 1. The molecule has 2 N–H and O–H groups in total. The van der Waals surface area contributed by atoms with Crippen molar-refractivity contribution in [1.29, 1.82) is 0 Å². The molecule has 148 valence electrons. The molecule has 0 heterocycles. The van der Waals surface area contributed by atoms with Crippen molar-refractivity contribution in [3.05, 3.63) is 89.2 Å². The molecule has 3 rings (SSSR count). The Bertz CT molecular complexity index is 1020. The van der Waals surface area contributed by atoms with Crippen LogP contribution in [0.5, 0.6) is 17.2 Å². The van der Waals surface area contributed by atoms with Crippen molar-refractivity contribution in [3.63, 3.8) is 0 Å². The van der Waals surface area contributed by atoms with Gasteiger partial charge in [-0.05, 0) is 54.1 Å². The van der Waals surface area contributed by atoms with Crippen molar-refractivity contribution in [1.82, 2.24) is 5.43 Å². The SMILES string of the molecule is COc1cc(/C=N/NC(=O)c2ccc(O)cc2)ccc1OCc1ccccc1F. The fraction of sp³-hybridized carbons (Fsp3) is 0.0909. The summed E-state index contributed by atoms with van der Waals surface area (Å²) in [4.78, 5) is 12.0. The van der Waals surface area contributed by atoms with E-state index in [9.17, 15) is 14.3 Å². The number of hydrogen-bond acceptors (Lipinski definition) is 5. The van der Waals surface area contributed by atoms with Crippen LogP contribution in [0.15, 0.2) is 71.8 Å². The first-order valence-electron chi connectivity index (χ1n) is 8.73. The molecule has 0 saturated carbocycles. The summed E-state index contributed by atoms with van der Waals surface area (Å²) in [5.74, 6) is 0.253. The van der Waals surface area contributed by atoms with Crippen molar-refractivity contribution in [2.45, 2.75) is 6.61 Å². The molecule has 0 aliphatic heterocycles. The quantitative estimate of drug-likeness (QED) is 0.471. The fourth-order valence-electron chi connectivity index (χ4n) is 2.50. The second kappa shape index (κ2) is 9.36. The van der Waals surface area contributed by atoms with E-state index >= 15 is 0 Å². The molecule has 0 bridgehead atoms. The Balaban J connectivity index is 1.63. The van der Waals surface area contributed by atoms with E-state index in [-0.39, 0.29) is 18.2 Å². The zero-order chi connectivity index (χ0) is 20.6. The summed E-state index contributed by atoms with van der Waals surface area (Å²) in [5.41, 5.74) is 3.89. The monoisotopic (exact) mass is 394 g/mol. The summed E-state index contributed by atoms with van der Waals surface area (Å²) in [5, 5.41) is 13.2. The summed E-state index contributed by atoms with van der Waals surface area (Å²) < 4.78 is 24.7. The molecule has 0 fully saturated rings. The minimum Gasteiger partial charge on any atom is -0.508 e. The first-order chi connectivity index (χ1) is 14.1. The number of hydrogen-bond donors (Lipinski definition) is 2. The molecule has 0 aliphatic carbocycles. The van der Waals surface area contributed by atoms with Crippen LogP contribution in [0.3, 0.4) is 0 Å². The molecule has 3 aromatic rings. The Morgan fingerprint density at radius 2 is 1.86 bits per heavy atom. The second-order valence-electron chi connectivity index (χ2n) is 6.04. The smallest absolute Gasteiger partial charge is 0.271 e. The highest BCUT2D eigenvalue weighted by atomic mass is 19.1. The standard InChI is InChI=1S/C22H19FN2O4/c1-28-21-12-15(13-24-25-22(27)16-7-9-18(26)10-8-16)6-11-20(21)29-14-17-4-2-3-5-19(17)23/h2-13,26H,14H2,1H3,(H,25,27)/b24-13+. The number of methoxy groups -OCH3 is 1. The average Bonchev–Trinajstić information content (AvgIpc) is 2.74. The van der Waals surface area contributed by atoms with Gasteiger partial charge in [-0.25, -0.2) is 9.82 Å². The number of phenols is 1. The Morgan fingerprint density at radius 3 is 2.59 bits per heavy atom. The Labute approximate surface area is 167 Å². The van der Waals surface area contributed by atoms with Crippen LogP contribution in [0.25, 0.3) is 0 Å². The molecular formula is C22H19FN2O4. The zero-order valence-corrected chi connectivity index (χ0v) is 15.6. The van der Waals surface area contributed by atoms with Crippen molar-refractivity contribution in [3.8, 4) is 17.2 Å². The van der Waals surface area contributed by atoms with Crippen molar-refractivity contribution in [2.24, 2.45) is 5.10 Å². The fourth-order valence-corrected chi connectivity index (χ4v) is 2.50. The second-order valence-corrected chi connectivity index (χ2v) is 6.04. The van der Waals surface area contributed by atoms with Gasteiger partial charge in [-0.2, -0.15) is 5.10 Å². The van der Waals surface area contributed by atoms with Crippen LogP contribution in [0.2, 0.25) is 0 Å². The van der Waals surface area contributed by atoms with Gasteiger partial charge in [0, 0.05) is 11.1 Å². The Kier molecular flexibility index (Phi) is 6.42. The van der Waals surface area contributed by atoms with Crippen LogP contribution < -0.4 is 14.9 Å². The van der Waals surface area contributed by atoms with E-state index in [1.807, 2.05) is 0 Å². The summed E-state index contributed by atoms with van der Waals surface area (Å²) in [6.07, 6.45) is 1.46. The number of carbonyl (C=O) groups excluding carboxylic acids is 1. The molecule has 1 amide bonds.